The van der Waals surface area contributed by atoms with Gasteiger partial charge in [-0.25, -0.2) is 4.79 Å². The van der Waals surface area contributed by atoms with Gasteiger partial charge in [0, 0.05) is 18.5 Å². The number of likely N-dealkylation sites (tertiary alicyclic amines) is 1. The zero-order chi connectivity index (χ0) is 16.0. The van der Waals surface area contributed by atoms with E-state index in [-0.39, 0.29) is 11.5 Å². The van der Waals surface area contributed by atoms with Crippen LogP contribution in [0.4, 0.5) is 4.79 Å². The van der Waals surface area contributed by atoms with Crippen LogP contribution in [-0.4, -0.2) is 30.4 Å². The summed E-state index contributed by atoms with van der Waals surface area (Å²) in [5, 5.41) is 0. The number of carbonyl (C=O) groups is 1. The van der Waals surface area contributed by atoms with Crippen LogP contribution in [0.15, 0.2) is 30.3 Å². The Morgan fingerprint density at radius 1 is 1.14 bits per heavy atom. The largest absolute Gasteiger partial charge is 0.419 e. The molecular weight excluding hydrogens is 278 g/mol. The van der Waals surface area contributed by atoms with Gasteiger partial charge in [0.25, 0.3) is 0 Å². The van der Waals surface area contributed by atoms with Crippen LogP contribution in [0.25, 0.3) is 0 Å². The summed E-state index contributed by atoms with van der Waals surface area (Å²) in [7, 11) is 0. The molecule has 1 aromatic carbocycles. The molecule has 4 heteroatoms. The molecule has 1 fully saturated rings. The van der Waals surface area contributed by atoms with Gasteiger partial charge in [-0.3, -0.25) is 0 Å². The molecule has 1 heterocycles. The van der Waals surface area contributed by atoms with Crippen molar-refractivity contribution in [2.24, 2.45) is 5.41 Å². The van der Waals surface area contributed by atoms with Gasteiger partial charge >= 0.3 is 6.09 Å². The SMILES string of the molecule is CC(C)(C)C(OCc1ccccc1)OC(=O)N1CCCCC1. The molecule has 0 N–H and O–H groups in total. The minimum Gasteiger partial charge on any atom is -0.419 e. The zero-order valence-electron chi connectivity index (χ0n) is 13.9. The maximum absolute atomic E-state index is 12.3. The Bertz CT molecular complexity index is 461. The summed E-state index contributed by atoms with van der Waals surface area (Å²) >= 11 is 0. The molecule has 1 aromatic rings. The highest BCUT2D eigenvalue weighted by molar-refractivity contribution is 5.67. The molecule has 1 unspecified atom stereocenters. The molecule has 1 aliphatic rings. The topological polar surface area (TPSA) is 38.8 Å². The molecule has 22 heavy (non-hydrogen) atoms. The molecular formula is C18H27NO3. The van der Waals surface area contributed by atoms with Crippen LogP contribution >= 0.6 is 0 Å². The molecule has 0 aromatic heterocycles. The summed E-state index contributed by atoms with van der Waals surface area (Å²) in [5.74, 6) is 0. The second-order valence-electron chi connectivity index (χ2n) is 6.93. The number of amides is 1. The van der Waals surface area contributed by atoms with Crippen molar-refractivity contribution in [1.82, 2.24) is 4.90 Å². The molecule has 4 nitrogen and oxygen atoms in total. The summed E-state index contributed by atoms with van der Waals surface area (Å²) in [6.45, 7) is 8.07. The van der Waals surface area contributed by atoms with Crippen LogP contribution in [0.5, 0.6) is 0 Å². The lowest BCUT2D eigenvalue weighted by Crippen LogP contribution is -2.42. The van der Waals surface area contributed by atoms with E-state index in [1.54, 1.807) is 4.90 Å². The van der Waals surface area contributed by atoms with Crippen LogP contribution in [0, 0.1) is 5.41 Å². The molecule has 1 amide bonds. The fourth-order valence-corrected chi connectivity index (χ4v) is 2.45. The third-order valence-electron chi connectivity index (χ3n) is 3.77. The van der Waals surface area contributed by atoms with Crippen molar-refractivity contribution in [3.05, 3.63) is 35.9 Å². The molecule has 1 saturated heterocycles. The number of nitrogens with zero attached hydrogens (tertiary/aromatic N) is 1. The van der Waals surface area contributed by atoms with Gasteiger partial charge in [-0.15, -0.1) is 0 Å². The number of carbonyl (C=O) groups excluding carboxylic acids is 1. The van der Waals surface area contributed by atoms with E-state index in [1.807, 2.05) is 51.1 Å². The van der Waals surface area contributed by atoms with Crippen LogP contribution in [-0.2, 0) is 16.1 Å². The Kier molecular flexibility index (Phi) is 5.83. The molecule has 122 valence electrons. The first-order valence-corrected chi connectivity index (χ1v) is 8.08. The average molecular weight is 305 g/mol. The van der Waals surface area contributed by atoms with Gasteiger partial charge in [-0.1, -0.05) is 51.1 Å². The number of rotatable bonds is 4. The van der Waals surface area contributed by atoms with Crippen LogP contribution in [0.3, 0.4) is 0 Å². The molecule has 0 bridgehead atoms. The first-order chi connectivity index (χ1) is 10.5. The zero-order valence-corrected chi connectivity index (χ0v) is 13.9. The summed E-state index contributed by atoms with van der Waals surface area (Å²) in [4.78, 5) is 14.1. The van der Waals surface area contributed by atoms with Crippen molar-refractivity contribution >= 4 is 6.09 Å². The minimum absolute atomic E-state index is 0.257. The van der Waals surface area contributed by atoms with E-state index < -0.39 is 6.29 Å². The molecule has 0 aliphatic carbocycles. The van der Waals surface area contributed by atoms with Gasteiger partial charge in [-0.05, 0) is 24.8 Å². The summed E-state index contributed by atoms with van der Waals surface area (Å²) < 4.78 is 11.5. The van der Waals surface area contributed by atoms with Crippen molar-refractivity contribution in [2.75, 3.05) is 13.1 Å². The van der Waals surface area contributed by atoms with Gasteiger partial charge in [-0.2, -0.15) is 0 Å². The van der Waals surface area contributed by atoms with E-state index in [0.29, 0.717) is 6.61 Å². The van der Waals surface area contributed by atoms with Crippen molar-refractivity contribution in [1.29, 1.82) is 0 Å². The highest BCUT2D eigenvalue weighted by Gasteiger charge is 2.31. The predicted octanol–water partition coefficient (Wildman–Crippen LogP) is 4.20. The van der Waals surface area contributed by atoms with E-state index in [9.17, 15) is 4.79 Å². The Labute approximate surface area is 133 Å². The van der Waals surface area contributed by atoms with Crippen LogP contribution in [0.2, 0.25) is 0 Å². The number of benzene rings is 1. The maximum Gasteiger partial charge on any atom is 0.412 e. The Hall–Kier alpha value is -1.55. The second kappa shape index (κ2) is 7.63. The van der Waals surface area contributed by atoms with E-state index in [4.69, 9.17) is 9.47 Å². The third kappa shape index (κ3) is 5.02. The number of hydrogen-bond acceptors (Lipinski definition) is 3. The minimum atomic E-state index is -0.554. The maximum atomic E-state index is 12.3. The van der Waals surface area contributed by atoms with E-state index in [2.05, 4.69) is 0 Å². The quantitative estimate of drug-likeness (QED) is 0.783. The van der Waals surface area contributed by atoms with Crippen molar-refractivity contribution in [2.45, 2.75) is 52.9 Å². The molecule has 0 spiro atoms. The first-order valence-electron chi connectivity index (χ1n) is 8.08. The number of ether oxygens (including phenoxy) is 2. The summed E-state index contributed by atoms with van der Waals surface area (Å²) in [5.41, 5.74) is 0.811. The standard InChI is InChI=1S/C18H27NO3/c1-18(2,3)16(21-14-15-10-6-4-7-11-15)22-17(20)19-12-8-5-9-13-19/h4,6-7,10-11,16H,5,8-9,12-14H2,1-3H3. The second-order valence-corrected chi connectivity index (χ2v) is 6.93. The highest BCUT2D eigenvalue weighted by Crippen LogP contribution is 2.25. The van der Waals surface area contributed by atoms with Gasteiger partial charge in [0.05, 0.1) is 6.61 Å². The average Bonchev–Trinajstić information content (AvgIpc) is 2.52. The smallest absolute Gasteiger partial charge is 0.412 e. The molecule has 1 atom stereocenters. The summed E-state index contributed by atoms with van der Waals surface area (Å²) in [6.07, 6.45) is 2.49. The number of hydrogen-bond donors (Lipinski definition) is 0. The normalized spacial score (nSPS) is 17.1. The molecule has 2 rings (SSSR count). The molecule has 0 saturated carbocycles. The lowest BCUT2D eigenvalue weighted by molar-refractivity contribution is -0.172. The van der Waals surface area contributed by atoms with E-state index in [1.165, 1.54) is 6.42 Å². The van der Waals surface area contributed by atoms with E-state index >= 15 is 0 Å². The monoisotopic (exact) mass is 305 g/mol. The van der Waals surface area contributed by atoms with Crippen LogP contribution < -0.4 is 0 Å². The van der Waals surface area contributed by atoms with Gasteiger partial charge in [0.1, 0.15) is 0 Å². The first kappa shape index (κ1) is 16.8. The van der Waals surface area contributed by atoms with E-state index in [0.717, 1.165) is 31.5 Å². The molecule has 0 radical (unpaired) electrons. The van der Waals surface area contributed by atoms with Crippen molar-refractivity contribution in [3.63, 3.8) is 0 Å². The lowest BCUT2D eigenvalue weighted by atomic mass is 9.96. The van der Waals surface area contributed by atoms with Gasteiger partial charge in [0.15, 0.2) is 0 Å². The Morgan fingerprint density at radius 3 is 2.36 bits per heavy atom. The predicted molar refractivity (Wildman–Crippen MR) is 86.4 cm³/mol. The van der Waals surface area contributed by atoms with Gasteiger partial charge in [0.2, 0.25) is 6.29 Å². The van der Waals surface area contributed by atoms with Crippen LogP contribution in [0.1, 0.15) is 45.6 Å². The third-order valence-corrected chi connectivity index (χ3v) is 3.77. The van der Waals surface area contributed by atoms with Crippen molar-refractivity contribution < 1.29 is 14.3 Å². The van der Waals surface area contributed by atoms with Gasteiger partial charge < -0.3 is 14.4 Å². The molecule has 1 aliphatic heterocycles. The Morgan fingerprint density at radius 2 is 1.77 bits per heavy atom. The summed E-state index contributed by atoms with van der Waals surface area (Å²) in [6, 6.07) is 9.94. The number of piperidine rings is 1. The fraction of sp³-hybridized carbons (Fsp3) is 0.611. The van der Waals surface area contributed by atoms with Crippen molar-refractivity contribution in [3.8, 4) is 0 Å². The fourth-order valence-electron chi connectivity index (χ4n) is 2.45. The lowest BCUT2D eigenvalue weighted by Gasteiger charge is -2.33. The Balaban J connectivity index is 1.92. The highest BCUT2D eigenvalue weighted by atomic mass is 16.7.